The normalized spacial score (nSPS) is 13.0. The van der Waals surface area contributed by atoms with Gasteiger partial charge in [0.2, 0.25) is 0 Å². The molecule has 4 nitrogen and oxygen atoms in total. The van der Waals surface area contributed by atoms with E-state index in [0.717, 1.165) is 59.1 Å². The lowest BCUT2D eigenvalue weighted by Crippen LogP contribution is -2.00. The molecule has 50 heavy (non-hydrogen) atoms. The Morgan fingerprint density at radius 2 is 1.04 bits per heavy atom. The van der Waals surface area contributed by atoms with E-state index in [1.165, 1.54) is 10.8 Å². The van der Waals surface area contributed by atoms with Crippen molar-refractivity contribution in [3.63, 3.8) is 0 Å². The van der Waals surface area contributed by atoms with Crippen LogP contribution < -0.4 is 0 Å². The van der Waals surface area contributed by atoms with Gasteiger partial charge in [0.15, 0.2) is 17.5 Å². The van der Waals surface area contributed by atoms with E-state index in [1.807, 2.05) is 48.5 Å². The number of hydrogen-bond donors (Lipinski definition) is 0. The largest absolute Gasteiger partial charge is 0.309 e. The van der Waals surface area contributed by atoms with Crippen LogP contribution in [0, 0.1) is 0 Å². The fourth-order valence-electron chi connectivity index (χ4n) is 6.91. The molecule has 0 aliphatic rings. The highest BCUT2D eigenvalue weighted by atomic mass is 32.1. The first-order chi connectivity index (χ1) is 26.9. The molecular weight excluding hydrogens is 629 g/mol. The molecular formula is C45H28N4S. The quantitative estimate of drug-likeness (QED) is 0.184. The van der Waals surface area contributed by atoms with E-state index in [4.69, 9.17) is 16.8 Å². The number of aromatic nitrogens is 4. The number of rotatable bonds is 5. The van der Waals surface area contributed by atoms with Gasteiger partial charge in [-0.2, -0.15) is 0 Å². The van der Waals surface area contributed by atoms with Crippen LogP contribution in [0.2, 0.25) is 0 Å². The number of hydrogen-bond acceptors (Lipinski definition) is 4. The Labute approximate surface area is 299 Å². The molecule has 0 aliphatic carbocycles. The second kappa shape index (κ2) is 11.6. The fourth-order valence-corrected chi connectivity index (χ4v) is 8.25. The van der Waals surface area contributed by atoms with E-state index in [-0.39, 0.29) is 23.5 Å². The van der Waals surface area contributed by atoms with Crippen LogP contribution in [0.15, 0.2) is 170 Å². The minimum absolute atomic E-state index is 0.0163. The minimum Gasteiger partial charge on any atom is -0.309 e. The van der Waals surface area contributed by atoms with Gasteiger partial charge >= 0.3 is 0 Å². The van der Waals surface area contributed by atoms with E-state index >= 15 is 0 Å². The Morgan fingerprint density at radius 1 is 0.440 bits per heavy atom. The molecule has 7 aromatic carbocycles. The summed E-state index contributed by atoms with van der Waals surface area (Å²) in [5.41, 5.74) is 7.04. The van der Waals surface area contributed by atoms with E-state index in [9.17, 15) is 0 Å². The summed E-state index contributed by atoms with van der Waals surface area (Å²) >= 11 is 1.67. The van der Waals surface area contributed by atoms with Crippen molar-refractivity contribution in [2.45, 2.75) is 0 Å². The molecule has 0 atom stereocenters. The number of para-hydroxylation sites is 2. The van der Waals surface area contributed by atoms with Crippen LogP contribution in [0.25, 0.3) is 93.0 Å². The molecule has 0 radical (unpaired) electrons. The number of nitrogens with zero attached hydrogens (tertiary/aromatic N) is 4. The molecule has 0 amide bonds. The monoisotopic (exact) mass is 661 g/mol. The lowest BCUT2D eigenvalue weighted by molar-refractivity contribution is 1.08. The standard InChI is InChI=1S/C45H28N4S/c1-4-14-29(15-5-1)43-46-44(30-16-6-2-7-17-30)48-45(47-43)37-24-13-23-36-35-22-12-21-33(41(35)50-42(36)37)31-26-27-40-38(28-31)34-20-10-11-25-39(34)49(40)32-18-8-3-9-19-32/h1-28H/i1D,4D,5D,14D,15D. The maximum Gasteiger partial charge on any atom is 0.165 e. The summed E-state index contributed by atoms with van der Waals surface area (Å²) in [7, 11) is 0. The Morgan fingerprint density at radius 3 is 1.82 bits per heavy atom. The first-order valence-electron chi connectivity index (χ1n) is 18.8. The number of thiophene rings is 1. The van der Waals surface area contributed by atoms with Crippen LogP contribution in [0.1, 0.15) is 6.85 Å². The van der Waals surface area contributed by atoms with Crippen molar-refractivity contribution in [1.29, 1.82) is 0 Å². The maximum atomic E-state index is 8.70. The minimum atomic E-state index is -0.469. The van der Waals surface area contributed by atoms with Crippen molar-refractivity contribution in [1.82, 2.24) is 19.5 Å². The van der Waals surface area contributed by atoms with Crippen LogP contribution in [0.3, 0.4) is 0 Å². The molecule has 0 spiro atoms. The lowest BCUT2D eigenvalue weighted by Gasteiger charge is -2.09. The summed E-state index contributed by atoms with van der Waals surface area (Å²) in [5, 5.41) is 4.52. The first-order valence-corrected chi connectivity index (χ1v) is 17.1. The smallest absolute Gasteiger partial charge is 0.165 e. The molecule has 0 saturated carbocycles. The van der Waals surface area contributed by atoms with Crippen molar-refractivity contribution in [2.24, 2.45) is 0 Å². The predicted octanol–water partition coefficient (Wildman–Crippen LogP) is 12.0. The van der Waals surface area contributed by atoms with Crippen molar-refractivity contribution in [2.75, 3.05) is 0 Å². The SMILES string of the molecule is [2H]c1c([2H])c([2H])c(-c2nc(-c3ccccc3)nc(-c3cccc4c3sc3c(-c5ccc6c(c5)c5ccccc5n6-c5ccccc5)cccc34)n2)c([2H])c1[2H]. The molecule has 3 heterocycles. The van der Waals surface area contributed by atoms with Gasteiger partial charge in [0.25, 0.3) is 0 Å². The zero-order valence-electron chi connectivity index (χ0n) is 31.5. The van der Waals surface area contributed by atoms with E-state index < -0.39 is 18.1 Å². The van der Waals surface area contributed by atoms with Gasteiger partial charge in [0, 0.05) is 53.3 Å². The Balaban J connectivity index is 1.18. The van der Waals surface area contributed by atoms with Crippen LogP contribution in [-0.4, -0.2) is 19.5 Å². The Kier molecular flexibility index (Phi) is 5.54. The summed E-state index contributed by atoms with van der Waals surface area (Å²) in [6.45, 7) is 0. The molecule has 5 heteroatoms. The Bertz CT molecular complexity index is 3130. The van der Waals surface area contributed by atoms with Crippen LogP contribution in [0.4, 0.5) is 0 Å². The summed E-state index contributed by atoms with van der Waals surface area (Å²) in [6, 6.07) is 45.5. The zero-order valence-corrected chi connectivity index (χ0v) is 27.3. The fraction of sp³-hybridized carbons (Fsp3) is 0. The third kappa shape index (κ3) is 4.63. The first kappa shape index (κ1) is 23.8. The van der Waals surface area contributed by atoms with E-state index in [0.29, 0.717) is 11.6 Å². The number of fused-ring (bicyclic) bond motifs is 6. The van der Waals surface area contributed by atoms with Crippen molar-refractivity contribution < 1.29 is 6.85 Å². The third-order valence-electron chi connectivity index (χ3n) is 9.15. The van der Waals surface area contributed by atoms with Crippen LogP contribution in [0.5, 0.6) is 0 Å². The highest BCUT2D eigenvalue weighted by Gasteiger charge is 2.19. The molecule has 10 rings (SSSR count). The van der Waals surface area contributed by atoms with Gasteiger partial charge in [-0.05, 0) is 47.5 Å². The molecule has 234 valence electrons. The van der Waals surface area contributed by atoms with Crippen LogP contribution >= 0.6 is 11.3 Å². The highest BCUT2D eigenvalue weighted by molar-refractivity contribution is 7.26. The van der Waals surface area contributed by atoms with Crippen molar-refractivity contribution >= 4 is 53.3 Å². The predicted molar refractivity (Wildman–Crippen MR) is 209 cm³/mol. The van der Waals surface area contributed by atoms with Gasteiger partial charge in [-0.25, -0.2) is 15.0 Å². The lowest BCUT2D eigenvalue weighted by atomic mass is 10.00. The van der Waals surface area contributed by atoms with Crippen molar-refractivity contribution in [3.8, 4) is 51.0 Å². The number of benzene rings is 7. The summed E-state index contributed by atoms with van der Waals surface area (Å²) in [4.78, 5) is 14.5. The average molecular weight is 662 g/mol. The molecule has 0 aliphatic heterocycles. The van der Waals surface area contributed by atoms with Gasteiger partial charge in [-0.15, -0.1) is 11.3 Å². The molecule has 0 N–H and O–H groups in total. The van der Waals surface area contributed by atoms with E-state index in [1.54, 1.807) is 11.3 Å². The van der Waals surface area contributed by atoms with Gasteiger partial charge in [-0.3, -0.25) is 0 Å². The van der Waals surface area contributed by atoms with Crippen molar-refractivity contribution in [3.05, 3.63) is 170 Å². The summed E-state index contributed by atoms with van der Waals surface area (Å²) in [6.07, 6.45) is 0. The van der Waals surface area contributed by atoms with Gasteiger partial charge in [0.1, 0.15) is 0 Å². The van der Waals surface area contributed by atoms with Crippen LogP contribution in [-0.2, 0) is 0 Å². The molecule has 3 aromatic heterocycles. The second-order valence-corrected chi connectivity index (χ2v) is 13.1. The summed E-state index contributed by atoms with van der Waals surface area (Å²) in [5.74, 6) is 0.710. The Hall–Kier alpha value is -6.43. The highest BCUT2D eigenvalue weighted by Crippen LogP contribution is 2.44. The maximum absolute atomic E-state index is 8.70. The second-order valence-electron chi connectivity index (χ2n) is 12.1. The topological polar surface area (TPSA) is 43.6 Å². The molecule has 0 saturated heterocycles. The molecule has 10 aromatic rings. The van der Waals surface area contributed by atoms with Gasteiger partial charge < -0.3 is 4.57 Å². The molecule has 0 fully saturated rings. The van der Waals surface area contributed by atoms with E-state index in [2.05, 4.69) is 101 Å². The molecule has 0 unspecified atom stereocenters. The molecule has 0 bridgehead atoms. The van der Waals surface area contributed by atoms with Gasteiger partial charge in [0.05, 0.1) is 17.9 Å². The van der Waals surface area contributed by atoms with Gasteiger partial charge in [-0.1, -0.05) is 133 Å². The zero-order chi connectivity index (χ0) is 37.4. The third-order valence-corrected chi connectivity index (χ3v) is 10.4. The average Bonchev–Trinajstić information content (AvgIpc) is 3.78. The summed E-state index contributed by atoms with van der Waals surface area (Å²) < 4.78 is 46.6.